The minimum atomic E-state index is -0.593. The number of ether oxygens (including phenoxy) is 5. The SMILES string of the molecule is c1ccc(COC[C@H]2OC(OCc3ccccc3)[C@@H](OCc3ccccc3)[C@@H]2OCc2ccccc2)cc1. The number of hydrogen-bond acceptors (Lipinski definition) is 5. The van der Waals surface area contributed by atoms with Crippen molar-refractivity contribution < 1.29 is 23.7 Å². The number of rotatable bonds is 13. The van der Waals surface area contributed by atoms with E-state index < -0.39 is 12.4 Å². The highest BCUT2D eigenvalue weighted by molar-refractivity contribution is 5.16. The molecule has 0 amide bonds. The Labute approximate surface area is 224 Å². The standard InChI is InChI=1S/C33H34O5/c1-5-13-26(14-6-1)21-34-25-30-31(35-22-27-15-7-2-8-16-27)32(36-23-28-17-9-3-10-18-28)33(38-30)37-24-29-19-11-4-12-20-29/h1-20,30-33H,21-25H2/t30-,31-,32+,33?/m1/s1. The zero-order chi connectivity index (χ0) is 25.8. The van der Waals surface area contributed by atoms with Crippen molar-refractivity contribution in [2.45, 2.75) is 51.0 Å². The summed E-state index contributed by atoms with van der Waals surface area (Å²) in [5, 5.41) is 0. The molecular formula is C33H34O5. The van der Waals surface area contributed by atoms with Gasteiger partial charge in [0.25, 0.3) is 0 Å². The van der Waals surface area contributed by atoms with Crippen LogP contribution in [0.15, 0.2) is 121 Å². The fourth-order valence-corrected chi connectivity index (χ4v) is 4.49. The maximum atomic E-state index is 6.48. The van der Waals surface area contributed by atoms with Gasteiger partial charge in [0.05, 0.1) is 33.0 Å². The molecular weight excluding hydrogens is 476 g/mol. The van der Waals surface area contributed by atoms with Gasteiger partial charge in [-0.25, -0.2) is 0 Å². The molecule has 5 heteroatoms. The lowest BCUT2D eigenvalue weighted by atomic mass is 10.1. The van der Waals surface area contributed by atoms with E-state index in [0.29, 0.717) is 33.0 Å². The Morgan fingerprint density at radius 1 is 0.447 bits per heavy atom. The largest absolute Gasteiger partial charge is 0.374 e. The van der Waals surface area contributed by atoms with E-state index >= 15 is 0 Å². The van der Waals surface area contributed by atoms with Crippen molar-refractivity contribution in [1.29, 1.82) is 0 Å². The van der Waals surface area contributed by atoms with E-state index in [2.05, 4.69) is 36.4 Å². The molecule has 1 saturated heterocycles. The normalized spacial score (nSPS) is 20.9. The summed E-state index contributed by atoms with van der Waals surface area (Å²) in [6.45, 7) is 2.16. The van der Waals surface area contributed by atoms with Gasteiger partial charge >= 0.3 is 0 Å². The highest BCUT2D eigenvalue weighted by atomic mass is 16.7. The van der Waals surface area contributed by atoms with Crippen molar-refractivity contribution in [3.8, 4) is 0 Å². The average molecular weight is 511 g/mol. The second kappa shape index (κ2) is 14.0. The fraction of sp³-hybridized carbons (Fsp3) is 0.273. The molecule has 5 nitrogen and oxygen atoms in total. The molecule has 38 heavy (non-hydrogen) atoms. The molecule has 0 aromatic heterocycles. The van der Waals surface area contributed by atoms with Crippen molar-refractivity contribution in [3.05, 3.63) is 144 Å². The lowest BCUT2D eigenvalue weighted by Gasteiger charge is -2.25. The molecule has 4 aromatic rings. The van der Waals surface area contributed by atoms with Crippen LogP contribution in [0.25, 0.3) is 0 Å². The summed E-state index contributed by atoms with van der Waals surface area (Å²) in [6.07, 6.45) is -1.72. The quantitative estimate of drug-likeness (QED) is 0.211. The summed E-state index contributed by atoms with van der Waals surface area (Å²) >= 11 is 0. The molecule has 0 aliphatic carbocycles. The van der Waals surface area contributed by atoms with Crippen LogP contribution in [-0.4, -0.2) is 31.2 Å². The van der Waals surface area contributed by atoms with Crippen LogP contribution in [0.4, 0.5) is 0 Å². The van der Waals surface area contributed by atoms with Crippen LogP contribution in [-0.2, 0) is 50.1 Å². The molecule has 5 rings (SSSR count). The molecule has 0 N–H and O–H groups in total. The predicted molar refractivity (Wildman–Crippen MR) is 146 cm³/mol. The molecule has 1 aliphatic rings. The van der Waals surface area contributed by atoms with Gasteiger partial charge in [0.2, 0.25) is 0 Å². The number of benzene rings is 4. The fourth-order valence-electron chi connectivity index (χ4n) is 4.49. The van der Waals surface area contributed by atoms with Gasteiger partial charge < -0.3 is 23.7 Å². The lowest BCUT2D eigenvalue weighted by molar-refractivity contribution is -0.190. The van der Waals surface area contributed by atoms with Crippen molar-refractivity contribution in [1.82, 2.24) is 0 Å². The van der Waals surface area contributed by atoms with Gasteiger partial charge in [-0.3, -0.25) is 0 Å². The van der Waals surface area contributed by atoms with Gasteiger partial charge in [-0.15, -0.1) is 0 Å². The Balaban J connectivity index is 1.31. The van der Waals surface area contributed by atoms with Crippen LogP contribution < -0.4 is 0 Å². The van der Waals surface area contributed by atoms with Crippen LogP contribution >= 0.6 is 0 Å². The summed E-state index contributed by atoms with van der Waals surface area (Å²) in [5.74, 6) is 0. The third kappa shape index (κ3) is 7.60. The van der Waals surface area contributed by atoms with Gasteiger partial charge in [-0.2, -0.15) is 0 Å². The summed E-state index contributed by atoms with van der Waals surface area (Å²) < 4.78 is 31.7. The Hall–Kier alpha value is -3.32. The van der Waals surface area contributed by atoms with E-state index in [-0.39, 0.29) is 12.2 Å². The summed E-state index contributed by atoms with van der Waals surface area (Å²) in [6, 6.07) is 40.5. The topological polar surface area (TPSA) is 46.2 Å². The summed E-state index contributed by atoms with van der Waals surface area (Å²) in [7, 11) is 0. The Kier molecular flexibility index (Phi) is 9.69. The molecule has 1 aliphatic heterocycles. The summed E-state index contributed by atoms with van der Waals surface area (Å²) in [5.41, 5.74) is 4.36. The van der Waals surface area contributed by atoms with Crippen LogP contribution in [0.5, 0.6) is 0 Å². The highest BCUT2D eigenvalue weighted by Gasteiger charge is 2.47. The van der Waals surface area contributed by atoms with E-state index in [9.17, 15) is 0 Å². The van der Waals surface area contributed by atoms with E-state index in [0.717, 1.165) is 22.3 Å². The van der Waals surface area contributed by atoms with Crippen molar-refractivity contribution in [2.75, 3.05) is 6.61 Å². The first-order chi connectivity index (χ1) is 18.8. The van der Waals surface area contributed by atoms with Crippen LogP contribution in [0.2, 0.25) is 0 Å². The molecule has 0 radical (unpaired) electrons. The first-order valence-electron chi connectivity index (χ1n) is 13.1. The van der Waals surface area contributed by atoms with E-state index in [4.69, 9.17) is 23.7 Å². The van der Waals surface area contributed by atoms with E-state index in [1.807, 2.05) is 84.9 Å². The van der Waals surface area contributed by atoms with Crippen LogP contribution in [0.3, 0.4) is 0 Å². The minimum Gasteiger partial charge on any atom is -0.374 e. The van der Waals surface area contributed by atoms with Gasteiger partial charge in [0.1, 0.15) is 18.3 Å². The second-order valence-electron chi connectivity index (χ2n) is 9.36. The second-order valence-corrected chi connectivity index (χ2v) is 9.36. The Morgan fingerprint density at radius 3 is 1.32 bits per heavy atom. The molecule has 1 fully saturated rings. The average Bonchev–Trinajstić information content (AvgIpc) is 3.32. The molecule has 196 valence electrons. The molecule has 4 atom stereocenters. The molecule has 0 bridgehead atoms. The molecule has 4 aromatic carbocycles. The lowest BCUT2D eigenvalue weighted by Crippen LogP contribution is -2.39. The van der Waals surface area contributed by atoms with Crippen molar-refractivity contribution in [3.63, 3.8) is 0 Å². The predicted octanol–water partition coefficient (Wildman–Crippen LogP) is 6.32. The molecule has 1 unspecified atom stereocenters. The van der Waals surface area contributed by atoms with Crippen LogP contribution in [0.1, 0.15) is 22.3 Å². The number of hydrogen-bond donors (Lipinski definition) is 0. The minimum absolute atomic E-state index is 0.344. The molecule has 0 saturated carbocycles. The highest BCUT2D eigenvalue weighted by Crippen LogP contribution is 2.30. The Bertz CT molecular complexity index is 1190. The zero-order valence-electron chi connectivity index (χ0n) is 21.4. The van der Waals surface area contributed by atoms with Gasteiger partial charge in [-0.1, -0.05) is 121 Å². The van der Waals surface area contributed by atoms with Gasteiger partial charge in [0, 0.05) is 0 Å². The van der Waals surface area contributed by atoms with E-state index in [1.165, 1.54) is 0 Å². The van der Waals surface area contributed by atoms with E-state index in [1.54, 1.807) is 0 Å². The van der Waals surface area contributed by atoms with Crippen molar-refractivity contribution in [2.24, 2.45) is 0 Å². The maximum Gasteiger partial charge on any atom is 0.187 e. The van der Waals surface area contributed by atoms with Crippen molar-refractivity contribution >= 4 is 0 Å². The van der Waals surface area contributed by atoms with Gasteiger partial charge in [-0.05, 0) is 22.3 Å². The maximum absolute atomic E-state index is 6.48. The molecule has 0 spiro atoms. The third-order valence-corrected chi connectivity index (χ3v) is 6.49. The zero-order valence-corrected chi connectivity index (χ0v) is 21.4. The first-order valence-corrected chi connectivity index (χ1v) is 13.1. The molecule has 1 heterocycles. The Morgan fingerprint density at radius 2 is 0.842 bits per heavy atom. The van der Waals surface area contributed by atoms with Crippen LogP contribution in [0, 0.1) is 0 Å². The first kappa shape index (κ1) is 26.3. The monoisotopic (exact) mass is 510 g/mol. The summed E-state index contributed by atoms with van der Waals surface area (Å²) in [4.78, 5) is 0. The van der Waals surface area contributed by atoms with Gasteiger partial charge in [0.15, 0.2) is 6.29 Å². The smallest absolute Gasteiger partial charge is 0.187 e. The third-order valence-electron chi connectivity index (χ3n) is 6.49.